The molecule has 2 N–H and O–H groups in total. The van der Waals surface area contributed by atoms with E-state index in [1.807, 2.05) is 0 Å². The fraction of sp³-hybridized carbons (Fsp3) is 0. The predicted octanol–water partition coefficient (Wildman–Crippen LogP) is 1.23. The molecular weight excluding hydrogens is 216 g/mol. The van der Waals surface area contributed by atoms with Crippen molar-refractivity contribution >= 4 is 28.5 Å². The number of hydrogen-bond acceptors (Lipinski definition) is 5. The predicted molar refractivity (Wildman–Crippen MR) is 59.0 cm³/mol. The molecule has 2 aromatic rings. The lowest BCUT2D eigenvalue weighted by molar-refractivity contribution is 1.19. The average molecular weight is 222 g/mol. The van der Waals surface area contributed by atoms with Gasteiger partial charge in [0.25, 0.3) is 0 Å². The van der Waals surface area contributed by atoms with Crippen molar-refractivity contribution in [2.24, 2.45) is 5.73 Å². The topological polar surface area (TPSA) is 64.7 Å². The van der Waals surface area contributed by atoms with Gasteiger partial charge < -0.3 is 5.73 Å². The zero-order valence-corrected chi connectivity index (χ0v) is 8.68. The second-order valence-electron chi connectivity index (χ2n) is 2.48. The molecule has 0 fully saturated rings. The maximum absolute atomic E-state index is 5.47. The lowest BCUT2D eigenvalue weighted by Crippen LogP contribution is -2.06. The molecule has 0 spiro atoms. The third kappa shape index (κ3) is 1.75. The number of thiazole rings is 1. The van der Waals surface area contributed by atoms with Gasteiger partial charge in [0, 0.05) is 18.6 Å². The summed E-state index contributed by atoms with van der Waals surface area (Å²) in [7, 11) is 0. The molecule has 0 aliphatic rings. The van der Waals surface area contributed by atoms with E-state index in [1.54, 1.807) is 24.8 Å². The molecule has 2 aromatic heterocycles. The Labute approximate surface area is 89.9 Å². The van der Waals surface area contributed by atoms with E-state index in [0.29, 0.717) is 4.99 Å². The van der Waals surface area contributed by atoms with E-state index in [-0.39, 0.29) is 0 Å². The van der Waals surface area contributed by atoms with E-state index < -0.39 is 0 Å². The third-order valence-corrected chi connectivity index (χ3v) is 2.93. The standard InChI is InChI=1S/C8H6N4S2/c9-7(13)6-4-12-8(14-6)5-3-10-1-2-11-5/h1-4H,(H2,9,13). The van der Waals surface area contributed by atoms with Crippen LogP contribution in [0.15, 0.2) is 24.8 Å². The first-order valence-corrected chi connectivity index (χ1v) is 5.02. The molecule has 4 nitrogen and oxygen atoms in total. The molecule has 0 radical (unpaired) electrons. The number of thiocarbonyl (C=S) groups is 1. The van der Waals surface area contributed by atoms with Crippen molar-refractivity contribution in [1.82, 2.24) is 15.0 Å². The van der Waals surface area contributed by atoms with E-state index in [2.05, 4.69) is 15.0 Å². The summed E-state index contributed by atoms with van der Waals surface area (Å²) in [6.07, 6.45) is 6.54. The first kappa shape index (κ1) is 9.17. The Bertz CT molecular complexity index is 451. The highest BCUT2D eigenvalue weighted by atomic mass is 32.1. The van der Waals surface area contributed by atoms with Crippen LogP contribution >= 0.6 is 23.6 Å². The summed E-state index contributed by atoms with van der Waals surface area (Å²) >= 11 is 6.25. The van der Waals surface area contributed by atoms with Crippen LogP contribution in [0.4, 0.5) is 0 Å². The van der Waals surface area contributed by atoms with Crippen molar-refractivity contribution in [2.75, 3.05) is 0 Å². The van der Waals surface area contributed by atoms with Gasteiger partial charge in [-0.15, -0.1) is 11.3 Å². The van der Waals surface area contributed by atoms with Crippen molar-refractivity contribution in [1.29, 1.82) is 0 Å². The largest absolute Gasteiger partial charge is 0.389 e. The molecule has 0 amide bonds. The molecule has 70 valence electrons. The van der Waals surface area contributed by atoms with Crippen LogP contribution in [-0.4, -0.2) is 19.9 Å². The van der Waals surface area contributed by atoms with E-state index in [4.69, 9.17) is 18.0 Å². The van der Waals surface area contributed by atoms with E-state index in [9.17, 15) is 0 Å². The molecule has 0 unspecified atom stereocenters. The Balaban J connectivity index is 2.39. The van der Waals surface area contributed by atoms with Gasteiger partial charge in [0.05, 0.1) is 11.1 Å². The average Bonchev–Trinajstić information content (AvgIpc) is 2.68. The second kappa shape index (κ2) is 3.77. The zero-order valence-electron chi connectivity index (χ0n) is 7.04. The smallest absolute Gasteiger partial charge is 0.144 e. The highest BCUT2D eigenvalue weighted by molar-refractivity contribution is 7.81. The molecule has 0 atom stereocenters. The van der Waals surface area contributed by atoms with Gasteiger partial charge in [-0.05, 0) is 0 Å². The molecule has 2 heterocycles. The number of nitrogens with zero attached hydrogens (tertiary/aromatic N) is 3. The highest BCUT2D eigenvalue weighted by Crippen LogP contribution is 2.22. The Morgan fingerprint density at radius 1 is 1.29 bits per heavy atom. The van der Waals surface area contributed by atoms with Crippen molar-refractivity contribution in [3.8, 4) is 10.7 Å². The van der Waals surface area contributed by atoms with Crippen LogP contribution in [0, 0.1) is 0 Å². The summed E-state index contributed by atoms with van der Waals surface area (Å²) in [5.74, 6) is 0. The van der Waals surface area contributed by atoms with E-state index in [0.717, 1.165) is 15.6 Å². The molecule has 0 saturated heterocycles. The van der Waals surface area contributed by atoms with Crippen LogP contribution in [0.25, 0.3) is 10.7 Å². The third-order valence-electron chi connectivity index (χ3n) is 1.53. The summed E-state index contributed by atoms with van der Waals surface area (Å²) in [6.45, 7) is 0. The van der Waals surface area contributed by atoms with Crippen molar-refractivity contribution in [3.63, 3.8) is 0 Å². The molecule has 6 heteroatoms. The van der Waals surface area contributed by atoms with Crippen LogP contribution in [0.2, 0.25) is 0 Å². The minimum absolute atomic E-state index is 0.359. The van der Waals surface area contributed by atoms with Gasteiger partial charge >= 0.3 is 0 Å². The summed E-state index contributed by atoms with van der Waals surface area (Å²) in [4.78, 5) is 13.4. The first-order chi connectivity index (χ1) is 6.77. The molecule has 0 aliphatic heterocycles. The van der Waals surface area contributed by atoms with Crippen LogP contribution < -0.4 is 5.73 Å². The number of rotatable bonds is 2. The van der Waals surface area contributed by atoms with Gasteiger partial charge in [-0.3, -0.25) is 9.97 Å². The highest BCUT2D eigenvalue weighted by Gasteiger charge is 2.06. The normalized spacial score (nSPS) is 10.0. The molecule has 14 heavy (non-hydrogen) atoms. The molecule has 0 saturated carbocycles. The number of aromatic nitrogens is 3. The van der Waals surface area contributed by atoms with Crippen LogP contribution in [-0.2, 0) is 0 Å². The van der Waals surface area contributed by atoms with Gasteiger partial charge in [-0.2, -0.15) is 0 Å². The second-order valence-corrected chi connectivity index (χ2v) is 3.96. The van der Waals surface area contributed by atoms with Crippen molar-refractivity contribution in [2.45, 2.75) is 0 Å². The molecule has 0 aromatic carbocycles. The first-order valence-electron chi connectivity index (χ1n) is 3.79. The van der Waals surface area contributed by atoms with Gasteiger partial charge in [0.2, 0.25) is 0 Å². The molecular formula is C8H6N4S2. The lowest BCUT2D eigenvalue weighted by Gasteiger charge is -1.91. The lowest BCUT2D eigenvalue weighted by atomic mass is 10.5. The zero-order chi connectivity index (χ0) is 9.97. The maximum atomic E-state index is 5.47. The van der Waals surface area contributed by atoms with Gasteiger partial charge in [0.1, 0.15) is 15.7 Å². The number of hydrogen-bond donors (Lipinski definition) is 1. The summed E-state index contributed by atoms with van der Waals surface area (Å²) < 4.78 is 0. The summed E-state index contributed by atoms with van der Waals surface area (Å²) in [5.41, 5.74) is 6.21. The fourth-order valence-corrected chi connectivity index (χ4v) is 1.82. The van der Waals surface area contributed by atoms with Crippen LogP contribution in [0.5, 0.6) is 0 Å². The molecule has 0 bridgehead atoms. The monoisotopic (exact) mass is 222 g/mol. The van der Waals surface area contributed by atoms with E-state index >= 15 is 0 Å². The van der Waals surface area contributed by atoms with Crippen LogP contribution in [0.3, 0.4) is 0 Å². The van der Waals surface area contributed by atoms with Crippen molar-refractivity contribution in [3.05, 3.63) is 29.7 Å². The van der Waals surface area contributed by atoms with E-state index in [1.165, 1.54) is 11.3 Å². The molecule has 0 aliphatic carbocycles. The molecule has 2 rings (SSSR count). The van der Waals surface area contributed by atoms with Gasteiger partial charge in [0.15, 0.2) is 0 Å². The Morgan fingerprint density at radius 2 is 2.14 bits per heavy atom. The van der Waals surface area contributed by atoms with Crippen molar-refractivity contribution < 1.29 is 0 Å². The summed E-state index contributed by atoms with van der Waals surface area (Å²) in [6, 6.07) is 0. The Kier molecular flexibility index (Phi) is 2.47. The van der Waals surface area contributed by atoms with Gasteiger partial charge in [-0.25, -0.2) is 4.98 Å². The Hall–Kier alpha value is -1.40. The van der Waals surface area contributed by atoms with Gasteiger partial charge in [-0.1, -0.05) is 12.2 Å². The minimum atomic E-state index is 0.359. The fourth-order valence-electron chi connectivity index (χ4n) is 0.916. The number of nitrogens with two attached hydrogens (primary N) is 1. The summed E-state index contributed by atoms with van der Waals surface area (Å²) in [5, 5.41) is 0.779. The van der Waals surface area contributed by atoms with Crippen LogP contribution in [0.1, 0.15) is 4.88 Å². The quantitative estimate of drug-likeness (QED) is 0.774. The Morgan fingerprint density at radius 3 is 2.71 bits per heavy atom. The minimum Gasteiger partial charge on any atom is -0.389 e. The SMILES string of the molecule is NC(=S)c1cnc(-c2cnccn2)s1. The maximum Gasteiger partial charge on any atom is 0.144 e.